The Kier molecular flexibility index (Phi) is 5.42. The quantitative estimate of drug-likeness (QED) is 0.759. The van der Waals surface area contributed by atoms with Gasteiger partial charge in [0.1, 0.15) is 0 Å². The summed E-state index contributed by atoms with van der Waals surface area (Å²) in [5.74, 6) is 0. The van der Waals surface area contributed by atoms with E-state index in [1.54, 1.807) is 21.0 Å². The monoisotopic (exact) mass is 304 g/mol. The molecule has 1 atom stereocenters. The third-order valence-corrected chi connectivity index (χ3v) is 6.51. The normalized spacial score (nSPS) is 14.4. The van der Waals surface area contributed by atoms with Crippen LogP contribution in [-0.2, 0) is 21.0 Å². The minimum Gasteiger partial charge on any atom is -0.384 e. The van der Waals surface area contributed by atoms with E-state index in [-0.39, 0.29) is 0 Å². The summed E-state index contributed by atoms with van der Waals surface area (Å²) in [6, 6.07) is 7.69. The van der Waals surface area contributed by atoms with Crippen molar-refractivity contribution in [3.8, 4) is 0 Å². The first kappa shape index (κ1) is 16.5. The number of ether oxygens (including phenoxy) is 1. The molecule has 0 heterocycles. The molecule has 0 aliphatic heterocycles. The second-order valence-electron chi connectivity index (χ2n) is 5.22. The van der Waals surface area contributed by atoms with Crippen molar-refractivity contribution >= 4 is 21.4 Å². The van der Waals surface area contributed by atoms with Gasteiger partial charge in [-0.3, -0.25) is 0 Å². The number of halogens is 1. The highest BCUT2D eigenvalue weighted by molar-refractivity contribution is 7.92. The topological polar surface area (TPSA) is 43.4 Å². The summed E-state index contributed by atoms with van der Waals surface area (Å²) < 4.78 is 27.6. The van der Waals surface area contributed by atoms with Gasteiger partial charge in [0.2, 0.25) is 0 Å². The summed E-state index contributed by atoms with van der Waals surface area (Å²) in [6.45, 7) is 3.97. The molecule has 0 aliphatic rings. The van der Waals surface area contributed by atoms with Gasteiger partial charge in [-0.25, -0.2) is 8.42 Å². The molecule has 108 valence electrons. The second-order valence-corrected chi connectivity index (χ2v) is 8.26. The number of methoxy groups -OCH3 is 1. The molecule has 19 heavy (non-hydrogen) atoms. The lowest BCUT2D eigenvalue weighted by molar-refractivity contribution is 0.202. The minimum atomic E-state index is -3.23. The zero-order chi connectivity index (χ0) is 14.7. The molecule has 0 saturated carbocycles. The summed E-state index contributed by atoms with van der Waals surface area (Å²) in [6.07, 6.45) is 2.05. The number of hydrogen-bond donors (Lipinski definition) is 0. The molecular weight excluding hydrogens is 284 g/mol. The average Bonchev–Trinajstić information content (AvgIpc) is 2.34. The SMILES string of the molecule is COCCc1ccc(C(Cl)C(C)(C)S(C)(=O)=O)cc1. The lowest BCUT2D eigenvalue weighted by Crippen LogP contribution is -2.35. The average molecular weight is 305 g/mol. The van der Waals surface area contributed by atoms with Crippen LogP contribution in [0.3, 0.4) is 0 Å². The maximum absolute atomic E-state index is 11.8. The Balaban J connectivity index is 2.92. The lowest BCUT2D eigenvalue weighted by atomic mass is 9.99. The van der Waals surface area contributed by atoms with Crippen molar-refractivity contribution in [2.24, 2.45) is 0 Å². The predicted molar refractivity (Wildman–Crippen MR) is 79.5 cm³/mol. The maximum atomic E-state index is 11.8. The van der Waals surface area contributed by atoms with Crippen LogP contribution >= 0.6 is 11.6 Å². The number of hydrogen-bond acceptors (Lipinski definition) is 3. The zero-order valence-corrected chi connectivity index (χ0v) is 13.4. The number of benzene rings is 1. The first-order valence-corrected chi connectivity index (χ1v) is 8.44. The standard InChI is InChI=1S/C14H21ClO3S/c1-14(2,19(4,16)17)13(15)12-7-5-11(6-8-12)9-10-18-3/h5-8,13H,9-10H2,1-4H3. The van der Waals surface area contributed by atoms with Crippen LogP contribution < -0.4 is 0 Å². The van der Waals surface area contributed by atoms with Crippen LogP contribution in [0.25, 0.3) is 0 Å². The van der Waals surface area contributed by atoms with Crippen LogP contribution in [0.5, 0.6) is 0 Å². The second kappa shape index (κ2) is 6.25. The molecule has 0 spiro atoms. The number of rotatable bonds is 6. The highest BCUT2D eigenvalue weighted by Gasteiger charge is 2.38. The van der Waals surface area contributed by atoms with Crippen LogP contribution in [0.4, 0.5) is 0 Å². The van der Waals surface area contributed by atoms with Crippen LogP contribution in [0.1, 0.15) is 30.4 Å². The van der Waals surface area contributed by atoms with Gasteiger partial charge < -0.3 is 4.74 Å². The van der Waals surface area contributed by atoms with E-state index in [1.807, 2.05) is 24.3 Å². The highest BCUT2D eigenvalue weighted by Crippen LogP contribution is 2.37. The van der Waals surface area contributed by atoms with Crippen LogP contribution in [0, 0.1) is 0 Å². The summed E-state index contributed by atoms with van der Waals surface area (Å²) >= 11 is 6.34. The summed E-state index contributed by atoms with van der Waals surface area (Å²) in [5, 5.41) is -0.570. The molecule has 0 aliphatic carbocycles. The molecule has 0 fully saturated rings. The molecule has 1 rings (SSSR count). The third kappa shape index (κ3) is 3.94. The fraction of sp³-hybridized carbons (Fsp3) is 0.571. The van der Waals surface area contributed by atoms with E-state index in [2.05, 4.69) is 0 Å². The fourth-order valence-electron chi connectivity index (χ4n) is 1.66. The predicted octanol–water partition coefficient (Wildman–Crippen LogP) is 2.98. The number of sulfone groups is 1. The summed E-state index contributed by atoms with van der Waals surface area (Å²) in [7, 11) is -1.56. The third-order valence-electron chi connectivity index (χ3n) is 3.43. The van der Waals surface area contributed by atoms with Crippen LogP contribution in [0.15, 0.2) is 24.3 Å². The smallest absolute Gasteiger partial charge is 0.154 e. The molecule has 1 aromatic carbocycles. The molecule has 0 bridgehead atoms. The van der Waals surface area contributed by atoms with Gasteiger partial charge in [-0.1, -0.05) is 24.3 Å². The Morgan fingerprint density at radius 3 is 2.21 bits per heavy atom. The van der Waals surface area contributed by atoms with Gasteiger partial charge in [-0.05, 0) is 31.4 Å². The molecule has 5 heteroatoms. The highest BCUT2D eigenvalue weighted by atomic mass is 35.5. The van der Waals surface area contributed by atoms with Gasteiger partial charge in [-0.15, -0.1) is 11.6 Å². The van der Waals surface area contributed by atoms with Crippen molar-refractivity contribution < 1.29 is 13.2 Å². The van der Waals surface area contributed by atoms with E-state index < -0.39 is 20.0 Å². The molecule has 0 radical (unpaired) electrons. The zero-order valence-electron chi connectivity index (χ0n) is 11.8. The van der Waals surface area contributed by atoms with Crippen molar-refractivity contribution in [2.75, 3.05) is 20.0 Å². The van der Waals surface area contributed by atoms with Gasteiger partial charge in [0.25, 0.3) is 0 Å². The maximum Gasteiger partial charge on any atom is 0.154 e. The Morgan fingerprint density at radius 2 is 1.79 bits per heavy atom. The van der Waals surface area contributed by atoms with Gasteiger partial charge in [0.15, 0.2) is 9.84 Å². The molecule has 0 N–H and O–H groups in total. The molecule has 0 saturated heterocycles. The van der Waals surface area contributed by atoms with Gasteiger partial charge in [0, 0.05) is 13.4 Å². The van der Waals surface area contributed by atoms with E-state index >= 15 is 0 Å². The Labute approximate surface area is 120 Å². The van der Waals surface area contributed by atoms with Crippen molar-refractivity contribution in [1.29, 1.82) is 0 Å². The molecule has 0 amide bonds. The molecule has 3 nitrogen and oxygen atoms in total. The molecular formula is C14H21ClO3S. The van der Waals surface area contributed by atoms with E-state index in [0.717, 1.165) is 17.5 Å². The van der Waals surface area contributed by atoms with E-state index in [4.69, 9.17) is 16.3 Å². The van der Waals surface area contributed by atoms with Gasteiger partial charge >= 0.3 is 0 Å². The Bertz CT molecular complexity index is 506. The first-order valence-electron chi connectivity index (χ1n) is 6.11. The van der Waals surface area contributed by atoms with E-state index in [1.165, 1.54) is 6.26 Å². The lowest BCUT2D eigenvalue weighted by Gasteiger charge is -2.28. The molecule has 1 unspecified atom stereocenters. The Hall–Kier alpha value is -0.580. The Morgan fingerprint density at radius 1 is 1.26 bits per heavy atom. The fourth-order valence-corrected chi connectivity index (χ4v) is 2.81. The summed E-state index contributed by atoms with van der Waals surface area (Å²) in [5.41, 5.74) is 1.96. The molecule has 1 aromatic rings. The van der Waals surface area contributed by atoms with Gasteiger partial charge in [-0.2, -0.15) is 0 Å². The van der Waals surface area contributed by atoms with Crippen molar-refractivity contribution in [3.63, 3.8) is 0 Å². The van der Waals surface area contributed by atoms with Crippen LogP contribution in [-0.4, -0.2) is 33.1 Å². The largest absolute Gasteiger partial charge is 0.384 e. The van der Waals surface area contributed by atoms with E-state index in [9.17, 15) is 8.42 Å². The van der Waals surface area contributed by atoms with Crippen molar-refractivity contribution in [2.45, 2.75) is 30.4 Å². The first-order chi connectivity index (χ1) is 8.70. The number of alkyl halides is 1. The molecule has 0 aromatic heterocycles. The van der Waals surface area contributed by atoms with Gasteiger partial charge in [0.05, 0.1) is 16.7 Å². The van der Waals surface area contributed by atoms with E-state index in [0.29, 0.717) is 6.61 Å². The van der Waals surface area contributed by atoms with Crippen molar-refractivity contribution in [1.82, 2.24) is 0 Å². The van der Waals surface area contributed by atoms with Crippen LogP contribution in [0.2, 0.25) is 0 Å². The van der Waals surface area contributed by atoms with Crippen molar-refractivity contribution in [3.05, 3.63) is 35.4 Å². The summed E-state index contributed by atoms with van der Waals surface area (Å²) in [4.78, 5) is 0. The minimum absolute atomic E-state index is 0.570.